The third kappa shape index (κ3) is 3.37. The maximum atomic E-state index is 12.1. The molecular formula is C19H22N2O2. The summed E-state index contributed by atoms with van der Waals surface area (Å²) in [4.78, 5) is 16.5. The van der Waals surface area contributed by atoms with Crippen LogP contribution in [0.3, 0.4) is 0 Å². The summed E-state index contributed by atoms with van der Waals surface area (Å²) in [5.74, 6) is 1.15. The number of nitrogens with zero attached hydrogens (tertiary/aromatic N) is 1. The molecule has 1 N–H and O–H groups in total. The van der Waals surface area contributed by atoms with Gasteiger partial charge < -0.3 is 10.1 Å². The van der Waals surface area contributed by atoms with Crippen LogP contribution < -0.4 is 5.32 Å². The van der Waals surface area contributed by atoms with Crippen LogP contribution in [0.2, 0.25) is 0 Å². The summed E-state index contributed by atoms with van der Waals surface area (Å²) >= 11 is 0. The molecule has 1 aromatic heterocycles. The Morgan fingerprint density at radius 3 is 2.96 bits per heavy atom. The Bertz CT molecular complexity index is 706. The molecule has 2 heterocycles. The molecule has 2 fully saturated rings. The Kier molecular flexibility index (Phi) is 4.00. The molecule has 120 valence electrons. The van der Waals surface area contributed by atoms with E-state index in [0.717, 1.165) is 11.9 Å². The lowest BCUT2D eigenvalue weighted by molar-refractivity contribution is -0.122. The summed E-state index contributed by atoms with van der Waals surface area (Å²) in [5, 5.41) is 4.39. The highest BCUT2D eigenvalue weighted by Crippen LogP contribution is 2.32. The fourth-order valence-electron chi connectivity index (χ4n) is 3.42. The Morgan fingerprint density at radius 2 is 2.09 bits per heavy atom. The smallest absolute Gasteiger partial charge is 0.220 e. The quantitative estimate of drug-likeness (QED) is 0.924. The van der Waals surface area contributed by atoms with Crippen LogP contribution in [0.15, 0.2) is 36.5 Å². The first-order valence-corrected chi connectivity index (χ1v) is 8.49. The zero-order valence-electron chi connectivity index (χ0n) is 13.2. The van der Waals surface area contributed by atoms with Crippen LogP contribution in [0.1, 0.15) is 24.8 Å². The number of hydrogen-bond donors (Lipinski definition) is 1. The van der Waals surface area contributed by atoms with E-state index in [1.807, 2.05) is 24.4 Å². The van der Waals surface area contributed by atoms with Crippen molar-refractivity contribution in [3.8, 4) is 0 Å². The molecule has 2 aromatic rings. The minimum absolute atomic E-state index is 0.133. The standard InChI is InChI=1S/C19H22N2O2/c22-19(9-13-5-6-13)21-18-12-23-11-15(18)10-14-7-8-20-17-4-2-1-3-16(14)17/h1-4,7-8,13,15,18H,5-6,9-12H2,(H,21,22)/t15-,18-/m1/s1. The molecule has 2 aliphatic rings. The van der Waals surface area contributed by atoms with Crippen LogP contribution in [0.25, 0.3) is 10.9 Å². The molecule has 0 spiro atoms. The Labute approximate surface area is 136 Å². The van der Waals surface area contributed by atoms with Crippen molar-refractivity contribution in [2.45, 2.75) is 31.7 Å². The molecular weight excluding hydrogens is 288 g/mol. The Morgan fingerprint density at radius 1 is 1.22 bits per heavy atom. The number of pyridine rings is 1. The fraction of sp³-hybridized carbons (Fsp3) is 0.474. The summed E-state index contributed by atoms with van der Waals surface area (Å²) in [5.41, 5.74) is 2.31. The second-order valence-electron chi connectivity index (χ2n) is 6.81. The van der Waals surface area contributed by atoms with Crippen molar-refractivity contribution in [1.82, 2.24) is 10.3 Å². The molecule has 0 bridgehead atoms. The highest BCUT2D eigenvalue weighted by molar-refractivity contribution is 5.82. The van der Waals surface area contributed by atoms with Crippen LogP contribution in [-0.4, -0.2) is 30.1 Å². The Balaban J connectivity index is 1.46. The normalized spacial score (nSPS) is 24.0. The number of carbonyl (C=O) groups is 1. The molecule has 23 heavy (non-hydrogen) atoms. The van der Waals surface area contributed by atoms with Gasteiger partial charge in [0.25, 0.3) is 0 Å². The van der Waals surface area contributed by atoms with Gasteiger partial charge in [-0.05, 0) is 42.9 Å². The largest absolute Gasteiger partial charge is 0.379 e. The minimum Gasteiger partial charge on any atom is -0.379 e. The number of aromatic nitrogens is 1. The van der Waals surface area contributed by atoms with Crippen LogP contribution in [0, 0.1) is 11.8 Å². The van der Waals surface area contributed by atoms with E-state index in [0.29, 0.717) is 31.5 Å². The summed E-state index contributed by atoms with van der Waals surface area (Å²) in [6, 6.07) is 10.4. The first kappa shape index (κ1) is 14.6. The van der Waals surface area contributed by atoms with Gasteiger partial charge in [-0.1, -0.05) is 18.2 Å². The summed E-state index contributed by atoms with van der Waals surface area (Å²) in [7, 11) is 0. The van der Waals surface area contributed by atoms with Gasteiger partial charge in [-0.15, -0.1) is 0 Å². The number of ether oxygens (including phenoxy) is 1. The van der Waals surface area contributed by atoms with Crippen LogP contribution >= 0.6 is 0 Å². The van der Waals surface area contributed by atoms with Gasteiger partial charge in [-0.3, -0.25) is 9.78 Å². The Hall–Kier alpha value is -1.94. The number of para-hydroxylation sites is 1. The van der Waals surface area contributed by atoms with Gasteiger partial charge in [0.1, 0.15) is 0 Å². The van der Waals surface area contributed by atoms with Crippen molar-refractivity contribution in [3.63, 3.8) is 0 Å². The van der Waals surface area contributed by atoms with E-state index in [1.54, 1.807) is 0 Å². The van der Waals surface area contributed by atoms with E-state index in [2.05, 4.69) is 22.4 Å². The second-order valence-corrected chi connectivity index (χ2v) is 6.81. The zero-order chi connectivity index (χ0) is 15.6. The van der Waals surface area contributed by atoms with E-state index >= 15 is 0 Å². The lowest BCUT2D eigenvalue weighted by Gasteiger charge is -2.20. The first-order valence-electron chi connectivity index (χ1n) is 8.49. The molecule has 1 saturated heterocycles. The number of amides is 1. The maximum absolute atomic E-state index is 12.1. The number of rotatable bonds is 5. The van der Waals surface area contributed by atoms with Gasteiger partial charge in [0, 0.05) is 23.9 Å². The lowest BCUT2D eigenvalue weighted by Crippen LogP contribution is -2.40. The third-order valence-corrected chi connectivity index (χ3v) is 4.94. The van der Waals surface area contributed by atoms with Crippen molar-refractivity contribution in [1.29, 1.82) is 0 Å². The molecule has 1 amide bonds. The lowest BCUT2D eigenvalue weighted by atomic mass is 9.93. The van der Waals surface area contributed by atoms with Crippen molar-refractivity contribution in [3.05, 3.63) is 42.1 Å². The van der Waals surface area contributed by atoms with Crippen molar-refractivity contribution in [2.75, 3.05) is 13.2 Å². The highest BCUT2D eigenvalue weighted by atomic mass is 16.5. The number of nitrogens with one attached hydrogen (secondary N) is 1. The molecule has 4 heteroatoms. The van der Waals surface area contributed by atoms with Crippen molar-refractivity contribution in [2.24, 2.45) is 11.8 Å². The molecule has 4 rings (SSSR count). The SMILES string of the molecule is O=C(CC1CC1)N[C@@H]1COC[C@H]1Cc1ccnc2ccccc12. The average Bonchev–Trinajstić information content (AvgIpc) is 3.27. The number of fused-ring (bicyclic) bond motifs is 1. The molecule has 1 aromatic carbocycles. The van der Waals surface area contributed by atoms with Crippen LogP contribution in [0.4, 0.5) is 0 Å². The van der Waals surface area contributed by atoms with Gasteiger partial charge in [-0.25, -0.2) is 0 Å². The molecule has 0 radical (unpaired) electrons. The fourth-order valence-corrected chi connectivity index (χ4v) is 3.42. The average molecular weight is 310 g/mol. The van der Waals surface area contributed by atoms with Crippen LogP contribution in [-0.2, 0) is 16.0 Å². The number of carbonyl (C=O) groups excluding carboxylic acids is 1. The van der Waals surface area contributed by atoms with Gasteiger partial charge >= 0.3 is 0 Å². The minimum atomic E-state index is 0.133. The van der Waals surface area contributed by atoms with Gasteiger partial charge in [0.15, 0.2) is 0 Å². The summed E-state index contributed by atoms with van der Waals surface area (Å²) in [6.07, 6.45) is 5.88. The number of benzene rings is 1. The first-order chi connectivity index (χ1) is 11.3. The van der Waals surface area contributed by atoms with E-state index in [4.69, 9.17) is 4.74 Å². The van der Waals surface area contributed by atoms with E-state index in [-0.39, 0.29) is 11.9 Å². The molecule has 1 aliphatic heterocycles. The van der Waals surface area contributed by atoms with E-state index in [1.165, 1.54) is 23.8 Å². The van der Waals surface area contributed by atoms with Gasteiger partial charge in [0.05, 0.1) is 24.8 Å². The van der Waals surface area contributed by atoms with Crippen molar-refractivity contribution < 1.29 is 9.53 Å². The van der Waals surface area contributed by atoms with E-state index < -0.39 is 0 Å². The van der Waals surface area contributed by atoms with Gasteiger partial charge in [-0.2, -0.15) is 0 Å². The van der Waals surface area contributed by atoms with E-state index in [9.17, 15) is 4.79 Å². The molecule has 1 aliphatic carbocycles. The summed E-state index contributed by atoms with van der Waals surface area (Å²) < 4.78 is 5.65. The molecule has 2 atom stereocenters. The predicted octanol–water partition coefficient (Wildman–Crippen LogP) is 2.71. The molecule has 4 nitrogen and oxygen atoms in total. The summed E-state index contributed by atoms with van der Waals surface area (Å²) in [6.45, 7) is 1.34. The third-order valence-electron chi connectivity index (χ3n) is 4.94. The topological polar surface area (TPSA) is 51.2 Å². The second kappa shape index (κ2) is 6.28. The monoisotopic (exact) mass is 310 g/mol. The van der Waals surface area contributed by atoms with Crippen LogP contribution in [0.5, 0.6) is 0 Å². The molecule has 0 unspecified atom stereocenters. The van der Waals surface area contributed by atoms with Crippen molar-refractivity contribution >= 4 is 16.8 Å². The predicted molar refractivity (Wildman–Crippen MR) is 89.0 cm³/mol. The molecule has 1 saturated carbocycles. The van der Waals surface area contributed by atoms with Gasteiger partial charge in [0.2, 0.25) is 5.91 Å². The number of hydrogen-bond acceptors (Lipinski definition) is 3. The maximum Gasteiger partial charge on any atom is 0.220 e. The highest BCUT2D eigenvalue weighted by Gasteiger charge is 2.32. The zero-order valence-corrected chi connectivity index (χ0v) is 13.2.